The molecule has 0 bridgehead atoms. The molecule has 4 heteroatoms. The molecule has 3 aromatic rings. The first-order valence-electron chi connectivity index (χ1n) is 6.28. The number of fused-ring (bicyclic) bond motifs is 1. The number of carboxylic acid groups (broad SMARTS) is 1. The van der Waals surface area contributed by atoms with Gasteiger partial charge in [-0.25, -0.2) is 9.18 Å². The highest BCUT2D eigenvalue weighted by Crippen LogP contribution is 2.32. The molecular formula is C17H10ClFO2. The van der Waals surface area contributed by atoms with Gasteiger partial charge in [-0.05, 0) is 40.8 Å². The van der Waals surface area contributed by atoms with Gasteiger partial charge in [-0.2, -0.15) is 0 Å². The molecule has 0 radical (unpaired) electrons. The van der Waals surface area contributed by atoms with Crippen LogP contribution in [0.15, 0.2) is 54.6 Å². The van der Waals surface area contributed by atoms with Crippen molar-refractivity contribution in [2.45, 2.75) is 0 Å². The summed E-state index contributed by atoms with van der Waals surface area (Å²) in [5, 5.41) is 10.7. The second-order valence-corrected chi connectivity index (χ2v) is 5.11. The summed E-state index contributed by atoms with van der Waals surface area (Å²) in [5.74, 6) is -1.36. The number of carbonyl (C=O) groups is 1. The molecule has 3 rings (SSSR count). The lowest BCUT2D eigenvalue weighted by Crippen LogP contribution is -1.96. The molecule has 0 unspecified atom stereocenters. The van der Waals surface area contributed by atoms with Crippen LogP contribution in [0, 0.1) is 5.82 Å². The molecular weight excluding hydrogens is 291 g/mol. The van der Waals surface area contributed by atoms with Gasteiger partial charge in [0.1, 0.15) is 5.82 Å². The van der Waals surface area contributed by atoms with Gasteiger partial charge in [0, 0.05) is 10.4 Å². The van der Waals surface area contributed by atoms with Crippen molar-refractivity contribution in [2.75, 3.05) is 0 Å². The van der Waals surface area contributed by atoms with E-state index < -0.39 is 5.97 Å². The maximum absolute atomic E-state index is 13.8. The maximum Gasteiger partial charge on any atom is 0.335 e. The molecule has 0 saturated carbocycles. The Kier molecular flexibility index (Phi) is 3.35. The summed E-state index contributed by atoms with van der Waals surface area (Å²) in [6, 6.07) is 14.7. The van der Waals surface area contributed by atoms with Crippen LogP contribution in [0.2, 0.25) is 5.02 Å². The maximum atomic E-state index is 13.8. The number of benzene rings is 3. The largest absolute Gasteiger partial charge is 0.478 e. The first-order chi connectivity index (χ1) is 10.1. The molecule has 3 aromatic carbocycles. The van der Waals surface area contributed by atoms with Crippen molar-refractivity contribution in [3.05, 3.63) is 71.0 Å². The molecule has 104 valence electrons. The summed E-state index contributed by atoms with van der Waals surface area (Å²) >= 11 is 5.99. The summed E-state index contributed by atoms with van der Waals surface area (Å²) in [4.78, 5) is 11.1. The average molecular weight is 301 g/mol. The molecule has 0 fully saturated rings. The van der Waals surface area contributed by atoms with Gasteiger partial charge in [0.2, 0.25) is 0 Å². The minimum absolute atomic E-state index is 0.103. The first-order valence-corrected chi connectivity index (χ1v) is 6.65. The third-order valence-electron chi connectivity index (χ3n) is 3.33. The number of halogens is 2. The van der Waals surface area contributed by atoms with Crippen molar-refractivity contribution in [1.29, 1.82) is 0 Å². The average Bonchev–Trinajstić information content (AvgIpc) is 2.47. The van der Waals surface area contributed by atoms with Crippen LogP contribution in [0.5, 0.6) is 0 Å². The Morgan fingerprint density at radius 2 is 1.71 bits per heavy atom. The predicted octanol–water partition coefficient (Wildman–Crippen LogP) is 5.00. The van der Waals surface area contributed by atoms with E-state index in [0.717, 1.165) is 10.9 Å². The lowest BCUT2D eigenvalue weighted by atomic mass is 9.96. The zero-order chi connectivity index (χ0) is 15.0. The molecule has 0 amide bonds. The standard InChI is InChI=1S/C17H10ClFO2/c18-12-8-10(7-11(9-12)17(20)21)13-5-6-16(19)15-4-2-1-3-14(13)15/h1-9H,(H,20,21). The van der Waals surface area contributed by atoms with E-state index in [1.807, 2.05) is 6.07 Å². The molecule has 0 spiro atoms. The van der Waals surface area contributed by atoms with E-state index in [2.05, 4.69) is 0 Å². The summed E-state index contributed by atoms with van der Waals surface area (Å²) in [7, 11) is 0. The fraction of sp³-hybridized carbons (Fsp3) is 0. The lowest BCUT2D eigenvalue weighted by molar-refractivity contribution is 0.0697. The topological polar surface area (TPSA) is 37.3 Å². The van der Waals surface area contributed by atoms with Crippen LogP contribution < -0.4 is 0 Å². The molecule has 0 aliphatic rings. The summed E-state index contributed by atoms with van der Waals surface area (Å²) < 4.78 is 13.8. The quantitative estimate of drug-likeness (QED) is 0.723. The Bertz CT molecular complexity index is 859. The van der Waals surface area contributed by atoms with Crippen LogP contribution in [0.25, 0.3) is 21.9 Å². The predicted molar refractivity (Wildman–Crippen MR) is 81.3 cm³/mol. The number of hydrogen-bond acceptors (Lipinski definition) is 1. The second-order valence-electron chi connectivity index (χ2n) is 4.67. The highest BCUT2D eigenvalue weighted by molar-refractivity contribution is 6.31. The number of rotatable bonds is 2. The molecule has 1 N–H and O–H groups in total. The molecule has 0 heterocycles. The van der Waals surface area contributed by atoms with E-state index >= 15 is 0 Å². The molecule has 0 saturated heterocycles. The number of hydrogen-bond donors (Lipinski definition) is 1. The molecule has 21 heavy (non-hydrogen) atoms. The van der Waals surface area contributed by atoms with Crippen molar-refractivity contribution >= 4 is 28.3 Å². The minimum atomic E-state index is -1.05. The Labute approximate surface area is 125 Å². The Morgan fingerprint density at radius 1 is 1.00 bits per heavy atom. The van der Waals surface area contributed by atoms with Crippen LogP contribution in [0.3, 0.4) is 0 Å². The van der Waals surface area contributed by atoms with Crippen LogP contribution in [0.4, 0.5) is 4.39 Å². The van der Waals surface area contributed by atoms with Gasteiger partial charge in [-0.3, -0.25) is 0 Å². The fourth-order valence-corrected chi connectivity index (χ4v) is 2.62. The van der Waals surface area contributed by atoms with E-state index in [4.69, 9.17) is 16.7 Å². The molecule has 0 aliphatic carbocycles. The Morgan fingerprint density at radius 3 is 2.43 bits per heavy atom. The third-order valence-corrected chi connectivity index (χ3v) is 3.54. The summed E-state index contributed by atoms with van der Waals surface area (Å²) in [6.07, 6.45) is 0. The third kappa shape index (κ3) is 2.48. The number of carboxylic acids is 1. The molecule has 0 aliphatic heterocycles. The summed E-state index contributed by atoms with van der Waals surface area (Å²) in [6.45, 7) is 0. The van der Waals surface area contributed by atoms with Crippen molar-refractivity contribution in [3.8, 4) is 11.1 Å². The van der Waals surface area contributed by atoms with Gasteiger partial charge in [-0.1, -0.05) is 41.9 Å². The second kappa shape index (κ2) is 5.19. The highest BCUT2D eigenvalue weighted by Gasteiger charge is 2.11. The van der Waals surface area contributed by atoms with Gasteiger partial charge in [0.15, 0.2) is 0 Å². The normalized spacial score (nSPS) is 10.8. The van der Waals surface area contributed by atoms with Crippen LogP contribution in [-0.2, 0) is 0 Å². The Balaban J connectivity index is 2.31. The molecule has 2 nitrogen and oxygen atoms in total. The number of aromatic carboxylic acids is 1. The van der Waals surface area contributed by atoms with Crippen molar-refractivity contribution in [2.24, 2.45) is 0 Å². The molecule has 0 aromatic heterocycles. The van der Waals surface area contributed by atoms with Crippen LogP contribution >= 0.6 is 11.6 Å². The van der Waals surface area contributed by atoms with E-state index in [9.17, 15) is 9.18 Å². The van der Waals surface area contributed by atoms with Crippen molar-refractivity contribution in [1.82, 2.24) is 0 Å². The van der Waals surface area contributed by atoms with Crippen LogP contribution in [-0.4, -0.2) is 11.1 Å². The van der Waals surface area contributed by atoms with Crippen molar-refractivity contribution in [3.63, 3.8) is 0 Å². The zero-order valence-electron chi connectivity index (χ0n) is 10.8. The molecule has 0 atom stereocenters. The monoisotopic (exact) mass is 300 g/mol. The van der Waals surface area contributed by atoms with Crippen LogP contribution in [0.1, 0.15) is 10.4 Å². The van der Waals surface area contributed by atoms with E-state index in [1.165, 1.54) is 18.2 Å². The first kappa shape index (κ1) is 13.6. The SMILES string of the molecule is O=C(O)c1cc(Cl)cc(-c2ccc(F)c3ccccc23)c1. The van der Waals surface area contributed by atoms with Gasteiger partial charge in [-0.15, -0.1) is 0 Å². The van der Waals surface area contributed by atoms with E-state index in [0.29, 0.717) is 16.0 Å². The zero-order valence-corrected chi connectivity index (χ0v) is 11.6. The fourth-order valence-electron chi connectivity index (χ4n) is 2.38. The highest BCUT2D eigenvalue weighted by atomic mass is 35.5. The van der Waals surface area contributed by atoms with E-state index in [-0.39, 0.29) is 11.4 Å². The van der Waals surface area contributed by atoms with Gasteiger partial charge in [0.05, 0.1) is 5.56 Å². The van der Waals surface area contributed by atoms with E-state index in [1.54, 1.807) is 30.3 Å². The summed E-state index contributed by atoms with van der Waals surface area (Å²) in [5.41, 5.74) is 1.50. The smallest absolute Gasteiger partial charge is 0.335 e. The Hall–Kier alpha value is -2.39. The van der Waals surface area contributed by atoms with Gasteiger partial charge < -0.3 is 5.11 Å². The van der Waals surface area contributed by atoms with Crippen molar-refractivity contribution < 1.29 is 14.3 Å². The lowest BCUT2D eigenvalue weighted by Gasteiger charge is -2.09. The minimum Gasteiger partial charge on any atom is -0.478 e. The van der Waals surface area contributed by atoms with Gasteiger partial charge >= 0.3 is 5.97 Å². The van der Waals surface area contributed by atoms with Gasteiger partial charge in [0.25, 0.3) is 0 Å².